The molecule has 1 aliphatic heterocycles. The van der Waals surface area contributed by atoms with E-state index in [9.17, 15) is 13.2 Å². The zero-order valence-electron chi connectivity index (χ0n) is 18.5. The summed E-state index contributed by atoms with van der Waals surface area (Å²) in [5.41, 5.74) is 2.32. The lowest BCUT2D eigenvalue weighted by atomic mass is 10.2. The standard InChI is InChI=1S/C23H27ClN4O4S/c1-2-28-21-8-7-18(33(30,31)27-11-13-32-14-12-27)15-20(21)26-22(28)9-10-23(29)25-16-17-5-3-4-6-19(17)24/h3-8,15H,2,9-14,16H2,1H3,(H,25,29). The number of fused-ring (bicyclic) bond motifs is 1. The number of ether oxygens (including phenoxy) is 1. The van der Waals surface area contributed by atoms with Crippen molar-refractivity contribution in [3.05, 3.63) is 58.9 Å². The topological polar surface area (TPSA) is 93.5 Å². The van der Waals surface area contributed by atoms with Gasteiger partial charge in [-0.1, -0.05) is 29.8 Å². The number of aryl methyl sites for hydroxylation is 2. The molecular weight excluding hydrogens is 464 g/mol. The second-order valence-electron chi connectivity index (χ2n) is 7.81. The average molecular weight is 491 g/mol. The van der Waals surface area contributed by atoms with Gasteiger partial charge < -0.3 is 14.6 Å². The SMILES string of the molecule is CCn1c(CCC(=O)NCc2ccccc2Cl)nc2cc(S(=O)(=O)N3CCOCC3)ccc21. The number of hydrogen-bond acceptors (Lipinski definition) is 5. The van der Waals surface area contributed by atoms with Gasteiger partial charge in [0.15, 0.2) is 0 Å². The summed E-state index contributed by atoms with van der Waals surface area (Å²) in [5, 5.41) is 3.51. The molecule has 1 amide bonds. The molecule has 2 heterocycles. The molecule has 8 nitrogen and oxygen atoms in total. The van der Waals surface area contributed by atoms with Crippen LogP contribution in [-0.4, -0.2) is 54.5 Å². The van der Waals surface area contributed by atoms with Crippen molar-refractivity contribution < 1.29 is 17.9 Å². The minimum absolute atomic E-state index is 0.0970. The molecule has 1 fully saturated rings. The molecule has 3 aromatic rings. The molecule has 0 bridgehead atoms. The Morgan fingerprint density at radius 3 is 2.67 bits per heavy atom. The third-order valence-corrected chi connectivity index (χ3v) is 8.00. The third kappa shape index (κ3) is 5.22. The Bertz CT molecular complexity index is 1250. The smallest absolute Gasteiger partial charge is 0.243 e. The monoisotopic (exact) mass is 490 g/mol. The molecule has 0 saturated carbocycles. The number of halogens is 1. The lowest BCUT2D eigenvalue weighted by Gasteiger charge is -2.26. The van der Waals surface area contributed by atoms with Crippen LogP contribution in [0.2, 0.25) is 5.02 Å². The highest BCUT2D eigenvalue weighted by molar-refractivity contribution is 7.89. The van der Waals surface area contributed by atoms with Crippen molar-refractivity contribution in [2.45, 2.75) is 37.8 Å². The Morgan fingerprint density at radius 2 is 1.94 bits per heavy atom. The Hall–Kier alpha value is -2.46. The molecule has 0 atom stereocenters. The quantitative estimate of drug-likeness (QED) is 0.524. The summed E-state index contributed by atoms with van der Waals surface area (Å²) in [7, 11) is -3.60. The number of hydrogen-bond donors (Lipinski definition) is 1. The molecule has 33 heavy (non-hydrogen) atoms. The van der Waals surface area contributed by atoms with E-state index in [1.807, 2.05) is 29.7 Å². The summed E-state index contributed by atoms with van der Waals surface area (Å²) >= 11 is 6.14. The predicted octanol–water partition coefficient (Wildman–Crippen LogP) is 2.98. The van der Waals surface area contributed by atoms with Crippen molar-refractivity contribution in [3.63, 3.8) is 0 Å². The molecule has 0 spiro atoms. The number of rotatable bonds is 8. The molecule has 0 radical (unpaired) electrons. The van der Waals surface area contributed by atoms with Crippen LogP contribution in [-0.2, 0) is 39.1 Å². The fourth-order valence-corrected chi connectivity index (χ4v) is 5.58. The van der Waals surface area contributed by atoms with Gasteiger partial charge in [0.2, 0.25) is 15.9 Å². The number of benzene rings is 2. The average Bonchev–Trinajstić information content (AvgIpc) is 3.19. The minimum atomic E-state index is -3.60. The number of nitrogens with zero attached hydrogens (tertiary/aromatic N) is 3. The van der Waals surface area contributed by atoms with Crippen LogP contribution in [0.1, 0.15) is 24.7 Å². The number of carbonyl (C=O) groups excluding carboxylic acids is 1. The van der Waals surface area contributed by atoms with Gasteiger partial charge in [0.1, 0.15) is 5.82 Å². The van der Waals surface area contributed by atoms with E-state index >= 15 is 0 Å². The number of aromatic nitrogens is 2. The van der Waals surface area contributed by atoms with E-state index in [-0.39, 0.29) is 17.2 Å². The van der Waals surface area contributed by atoms with Crippen molar-refractivity contribution >= 4 is 38.6 Å². The number of amides is 1. The van der Waals surface area contributed by atoms with Gasteiger partial charge in [-0.3, -0.25) is 4.79 Å². The van der Waals surface area contributed by atoms with Gasteiger partial charge in [0.05, 0.1) is 29.1 Å². The highest BCUT2D eigenvalue weighted by Crippen LogP contribution is 2.24. The van der Waals surface area contributed by atoms with Gasteiger partial charge >= 0.3 is 0 Å². The molecular formula is C23H27ClN4O4S. The van der Waals surface area contributed by atoms with Crippen molar-refractivity contribution in [2.24, 2.45) is 0 Å². The fourth-order valence-electron chi connectivity index (χ4n) is 3.95. The summed E-state index contributed by atoms with van der Waals surface area (Å²) in [6, 6.07) is 12.4. The van der Waals surface area contributed by atoms with Crippen LogP contribution in [0.3, 0.4) is 0 Å². The molecule has 0 aliphatic carbocycles. The molecule has 176 valence electrons. The molecule has 1 N–H and O–H groups in total. The zero-order chi connectivity index (χ0) is 23.4. The first-order chi connectivity index (χ1) is 15.9. The molecule has 0 unspecified atom stereocenters. The van der Waals surface area contributed by atoms with Crippen molar-refractivity contribution in [1.82, 2.24) is 19.2 Å². The molecule has 1 aromatic heterocycles. The summed E-state index contributed by atoms with van der Waals surface area (Å²) in [5.74, 6) is 0.654. The zero-order valence-corrected chi connectivity index (χ0v) is 20.0. The Labute approximate surface area is 198 Å². The Morgan fingerprint density at radius 1 is 1.18 bits per heavy atom. The van der Waals surface area contributed by atoms with Gasteiger partial charge in [0, 0.05) is 44.0 Å². The lowest BCUT2D eigenvalue weighted by molar-refractivity contribution is -0.121. The van der Waals surface area contributed by atoms with Crippen LogP contribution in [0.5, 0.6) is 0 Å². The second-order valence-corrected chi connectivity index (χ2v) is 10.2. The second kappa shape index (κ2) is 10.2. The predicted molar refractivity (Wildman–Crippen MR) is 127 cm³/mol. The van der Waals surface area contributed by atoms with Crippen LogP contribution in [0.15, 0.2) is 47.4 Å². The highest BCUT2D eigenvalue weighted by Gasteiger charge is 2.27. The Balaban J connectivity index is 1.47. The Kier molecular flexibility index (Phi) is 7.33. The summed E-state index contributed by atoms with van der Waals surface area (Å²) in [4.78, 5) is 17.3. The maximum Gasteiger partial charge on any atom is 0.243 e. The van der Waals surface area contributed by atoms with Crippen molar-refractivity contribution in [3.8, 4) is 0 Å². The summed E-state index contributed by atoms with van der Waals surface area (Å²) in [6.45, 7) is 4.52. The minimum Gasteiger partial charge on any atom is -0.379 e. The number of morpholine rings is 1. The molecule has 10 heteroatoms. The molecule has 1 saturated heterocycles. The van der Waals surface area contributed by atoms with E-state index in [1.165, 1.54) is 4.31 Å². The van der Waals surface area contributed by atoms with E-state index in [4.69, 9.17) is 16.3 Å². The maximum absolute atomic E-state index is 13.0. The van der Waals surface area contributed by atoms with Crippen molar-refractivity contribution in [2.75, 3.05) is 26.3 Å². The van der Waals surface area contributed by atoms with E-state index in [2.05, 4.69) is 10.3 Å². The number of nitrogens with one attached hydrogen (secondary N) is 1. The number of sulfonamides is 1. The van der Waals surface area contributed by atoms with Crippen LogP contribution in [0.25, 0.3) is 11.0 Å². The van der Waals surface area contributed by atoms with E-state index in [0.717, 1.165) is 16.9 Å². The molecule has 1 aliphatic rings. The number of imidazole rings is 1. The van der Waals surface area contributed by atoms with Crippen LogP contribution >= 0.6 is 11.6 Å². The maximum atomic E-state index is 13.0. The third-order valence-electron chi connectivity index (χ3n) is 5.73. The molecule has 2 aromatic carbocycles. The van der Waals surface area contributed by atoms with Gasteiger partial charge in [-0.25, -0.2) is 13.4 Å². The number of carbonyl (C=O) groups is 1. The molecule has 4 rings (SSSR count). The largest absolute Gasteiger partial charge is 0.379 e. The first-order valence-electron chi connectivity index (χ1n) is 11.0. The van der Waals surface area contributed by atoms with E-state index < -0.39 is 10.0 Å². The van der Waals surface area contributed by atoms with Crippen LogP contribution in [0, 0.1) is 0 Å². The summed E-state index contributed by atoms with van der Waals surface area (Å²) < 4.78 is 34.7. The van der Waals surface area contributed by atoms with Gasteiger partial charge in [-0.15, -0.1) is 0 Å². The van der Waals surface area contributed by atoms with Crippen LogP contribution < -0.4 is 5.32 Å². The lowest BCUT2D eigenvalue weighted by Crippen LogP contribution is -2.40. The van der Waals surface area contributed by atoms with Gasteiger partial charge in [-0.2, -0.15) is 4.31 Å². The van der Waals surface area contributed by atoms with E-state index in [0.29, 0.717) is 56.4 Å². The van der Waals surface area contributed by atoms with Gasteiger partial charge in [-0.05, 0) is 36.8 Å². The van der Waals surface area contributed by atoms with Crippen LogP contribution in [0.4, 0.5) is 0 Å². The summed E-state index contributed by atoms with van der Waals surface area (Å²) in [6.07, 6.45) is 0.717. The first-order valence-corrected chi connectivity index (χ1v) is 12.8. The fraction of sp³-hybridized carbons (Fsp3) is 0.391. The van der Waals surface area contributed by atoms with Gasteiger partial charge in [0.25, 0.3) is 0 Å². The normalized spacial score (nSPS) is 15.1. The highest BCUT2D eigenvalue weighted by atomic mass is 35.5. The first kappa shape index (κ1) is 23.7. The van der Waals surface area contributed by atoms with E-state index in [1.54, 1.807) is 24.3 Å². The van der Waals surface area contributed by atoms with Crippen molar-refractivity contribution in [1.29, 1.82) is 0 Å².